The lowest BCUT2D eigenvalue weighted by Crippen LogP contribution is -2.29. The Morgan fingerprint density at radius 2 is 1.58 bits per heavy atom. The number of carbonyl (C=O) groups is 4. The van der Waals surface area contributed by atoms with Gasteiger partial charge >= 0.3 is 11.9 Å². The van der Waals surface area contributed by atoms with Gasteiger partial charge in [-0.3, -0.25) is 19.2 Å². The summed E-state index contributed by atoms with van der Waals surface area (Å²) in [7, 11) is 0. The van der Waals surface area contributed by atoms with Gasteiger partial charge in [0.25, 0.3) is 0 Å². The van der Waals surface area contributed by atoms with E-state index >= 15 is 0 Å². The lowest BCUT2D eigenvalue weighted by Gasteiger charge is -2.15. The van der Waals surface area contributed by atoms with Crippen LogP contribution in [0.3, 0.4) is 0 Å². The first-order chi connectivity index (χ1) is 21.6. The highest BCUT2D eigenvalue weighted by Gasteiger charge is 2.09. The predicted molar refractivity (Wildman–Crippen MR) is 180 cm³/mol. The third-order valence-corrected chi connectivity index (χ3v) is 6.91. The van der Waals surface area contributed by atoms with Crippen LogP contribution in [-0.2, 0) is 20.8 Å². The van der Waals surface area contributed by atoms with E-state index in [1.165, 1.54) is 32.1 Å². The van der Waals surface area contributed by atoms with Crippen LogP contribution in [0.5, 0.6) is 0 Å². The van der Waals surface area contributed by atoms with E-state index in [9.17, 15) is 19.2 Å². The van der Waals surface area contributed by atoms with Crippen LogP contribution in [-0.4, -0.2) is 53.0 Å². The fraction of sp³-hybridized carbons (Fsp3) is 0.429. The van der Waals surface area contributed by atoms with E-state index in [1.54, 1.807) is 24.3 Å². The second kappa shape index (κ2) is 23.3. The van der Waals surface area contributed by atoms with E-state index < -0.39 is 18.0 Å². The Morgan fingerprint density at radius 1 is 0.933 bits per heavy atom. The van der Waals surface area contributed by atoms with Crippen LogP contribution < -0.4 is 22.5 Å². The van der Waals surface area contributed by atoms with E-state index in [4.69, 9.17) is 27.4 Å². The molecule has 1 aliphatic carbocycles. The molecular weight excluding hydrogens is 572 g/mol. The largest absolute Gasteiger partial charge is 0.481 e. The van der Waals surface area contributed by atoms with Gasteiger partial charge in [-0.25, -0.2) is 0 Å². The van der Waals surface area contributed by atoms with Crippen molar-refractivity contribution in [1.29, 1.82) is 0 Å². The van der Waals surface area contributed by atoms with Crippen molar-refractivity contribution in [3.05, 3.63) is 77.9 Å². The maximum Gasteiger partial charge on any atom is 0.320 e. The molecule has 10 heteroatoms. The lowest BCUT2D eigenvalue weighted by molar-refractivity contribution is -0.139. The zero-order valence-corrected chi connectivity index (χ0v) is 26.3. The summed E-state index contributed by atoms with van der Waals surface area (Å²) in [5.41, 5.74) is 18.2. The molecule has 4 rings (SSSR count). The van der Waals surface area contributed by atoms with Crippen LogP contribution in [0.1, 0.15) is 87.1 Å². The zero-order chi connectivity index (χ0) is 33.5. The highest BCUT2D eigenvalue weighted by atomic mass is 16.4. The number of unbranched alkanes of at least 4 members (excludes halogenated alkanes) is 1. The molecular formula is C35H50N4O6. The SMILES string of the molecule is CCCC(=O)Nc1ccc(C=O)cc1.NC1CCCCC1.NCCCC[C@H](N)C(=O)O.O=C(O)Cc1ccc2ccccc2c1. The van der Waals surface area contributed by atoms with E-state index in [1.807, 2.05) is 49.4 Å². The first kappa shape index (κ1) is 38.9. The highest BCUT2D eigenvalue weighted by molar-refractivity contribution is 5.91. The number of benzene rings is 3. The van der Waals surface area contributed by atoms with E-state index in [2.05, 4.69) is 5.32 Å². The normalized spacial score (nSPS) is 13.0. The topological polar surface area (TPSA) is 199 Å². The average Bonchev–Trinajstić information content (AvgIpc) is 3.02. The van der Waals surface area contributed by atoms with Crippen LogP contribution in [0.15, 0.2) is 66.7 Å². The maximum atomic E-state index is 11.2. The molecule has 45 heavy (non-hydrogen) atoms. The maximum absolute atomic E-state index is 11.2. The summed E-state index contributed by atoms with van der Waals surface area (Å²) in [4.78, 5) is 42.2. The molecule has 1 amide bonds. The summed E-state index contributed by atoms with van der Waals surface area (Å²) < 4.78 is 0. The summed E-state index contributed by atoms with van der Waals surface area (Å²) in [6.07, 6.45) is 11.0. The van der Waals surface area contributed by atoms with Gasteiger partial charge in [0.05, 0.1) is 6.42 Å². The van der Waals surface area contributed by atoms with Gasteiger partial charge in [-0.1, -0.05) is 75.1 Å². The molecule has 0 saturated heterocycles. The number of amides is 1. The molecule has 0 heterocycles. The predicted octanol–water partition coefficient (Wildman–Crippen LogP) is 5.51. The number of anilines is 1. The molecule has 3 aromatic carbocycles. The van der Waals surface area contributed by atoms with Crippen molar-refractivity contribution in [1.82, 2.24) is 0 Å². The molecule has 9 N–H and O–H groups in total. The number of aldehydes is 1. The zero-order valence-electron chi connectivity index (χ0n) is 26.3. The molecule has 246 valence electrons. The number of nitrogens with two attached hydrogens (primary N) is 3. The van der Waals surface area contributed by atoms with Gasteiger partial charge in [0.1, 0.15) is 12.3 Å². The summed E-state index contributed by atoms with van der Waals surface area (Å²) in [6.45, 7) is 2.56. The Hall–Kier alpha value is -4.12. The molecule has 1 saturated carbocycles. The second-order valence-electron chi connectivity index (χ2n) is 10.9. The lowest BCUT2D eigenvalue weighted by atomic mass is 9.97. The van der Waals surface area contributed by atoms with E-state index in [-0.39, 0.29) is 12.3 Å². The first-order valence-corrected chi connectivity index (χ1v) is 15.6. The fourth-order valence-corrected chi connectivity index (χ4v) is 4.39. The van der Waals surface area contributed by atoms with Gasteiger partial charge in [0.15, 0.2) is 0 Å². The van der Waals surface area contributed by atoms with Crippen molar-refractivity contribution in [2.75, 3.05) is 11.9 Å². The number of hydrogen-bond donors (Lipinski definition) is 6. The van der Waals surface area contributed by atoms with Gasteiger partial charge in [0.2, 0.25) is 5.91 Å². The summed E-state index contributed by atoms with van der Waals surface area (Å²) in [6, 6.07) is 20.3. The van der Waals surface area contributed by atoms with Crippen LogP contribution in [0.25, 0.3) is 10.8 Å². The number of rotatable bonds is 11. The quantitative estimate of drug-likeness (QED) is 0.118. The third-order valence-electron chi connectivity index (χ3n) is 6.91. The minimum atomic E-state index is -0.933. The van der Waals surface area contributed by atoms with Crippen LogP contribution >= 0.6 is 0 Å². The van der Waals surface area contributed by atoms with Crippen LogP contribution in [0.2, 0.25) is 0 Å². The molecule has 3 aromatic rings. The van der Waals surface area contributed by atoms with E-state index in [0.29, 0.717) is 31.0 Å². The summed E-state index contributed by atoms with van der Waals surface area (Å²) in [5.74, 6) is -1.72. The van der Waals surface area contributed by atoms with Crippen molar-refractivity contribution in [2.24, 2.45) is 17.2 Å². The number of carboxylic acid groups (broad SMARTS) is 2. The molecule has 0 bridgehead atoms. The fourth-order valence-electron chi connectivity index (χ4n) is 4.39. The Labute approximate surface area is 266 Å². The number of hydrogen-bond acceptors (Lipinski definition) is 7. The van der Waals surface area contributed by atoms with Crippen molar-refractivity contribution in [3.63, 3.8) is 0 Å². The van der Waals surface area contributed by atoms with Crippen molar-refractivity contribution in [2.45, 2.75) is 89.6 Å². The second-order valence-corrected chi connectivity index (χ2v) is 10.9. The van der Waals surface area contributed by atoms with Crippen molar-refractivity contribution < 1.29 is 29.4 Å². The van der Waals surface area contributed by atoms with Gasteiger partial charge in [-0.05, 0) is 79.3 Å². The number of nitrogens with one attached hydrogen (secondary N) is 1. The smallest absolute Gasteiger partial charge is 0.320 e. The Bertz CT molecular complexity index is 1290. The number of aliphatic carboxylic acids is 2. The Kier molecular flexibility index (Phi) is 20.1. The molecule has 0 spiro atoms. The number of fused-ring (bicyclic) bond motifs is 1. The van der Waals surface area contributed by atoms with Crippen molar-refractivity contribution in [3.8, 4) is 0 Å². The van der Waals surface area contributed by atoms with Gasteiger partial charge in [-0.2, -0.15) is 0 Å². The Morgan fingerprint density at radius 3 is 2.09 bits per heavy atom. The highest BCUT2D eigenvalue weighted by Crippen LogP contribution is 2.16. The Balaban J connectivity index is 0.000000310. The first-order valence-electron chi connectivity index (χ1n) is 15.6. The number of carbonyl (C=O) groups excluding carboxylic acids is 2. The summed E-state index contributed by atoms with van der Waals surface area (Å²) in [5, 5.41) is 21.9. The van der Waals surface area contributed by atoms with Gasteiger partial charge in [-0.15, -0.1) is 0 Å². The minimum Gasteiger partial charge on any atom is -0.481 e. The number of carboxylic acids is 2. The molecule has 0 unspecified atom stereocenters. The standard InChI is InChI=1S/C12H10O2.C11H13NO2.C6H14N2O2.C6H13N/c13-12(14)8-9-5-6-10-3-1-2-4-11(10)7-9;1-2-3-11(14)12-10-6-4-9(8-13)5-7-10;7-4-2-1-3-5(8)6(9)10;7-6-4-2-1-3-5-6/h1-7H,8H2,(H,13,14);4-8H,2-3H2,1H3,(H,12,14);5H,1-4,7-8H2,(H,9,10);6H,1-5,7H2/t;;5-;/m..0./s1. The van der Waals surface area contributed by atoms with Gasteiger partial charge in [0, 0.05) is 23.7 Å². The molecule has 0 aliphatic heterocycles. The molecule has 1 fully saturated rings. The molecule has 0 radical (unpaired) electrons. The van der Waals surface area contributed by atoms with Crippen molar-refractivity contribution >= 4 is 40.6 Å². The summed E-state index contributed by atoms with van der Waals surface area (Å²) >= 11 is 0. The minimum absolute atomic E-state index is 0.00588. The van der Waals surface area contributed by atoms with E-state index in [0.717, 1.165) is 47.6 Å². The monoisotopic (exact) mass is 622 g/mol. The molecule has 1 aliphatic rings. The van der Waals surface area contributed by atoms with Crippen LogP contribution in [0.4, 0.5) is 5.69 Å². The molecule has 10 nitrogen and oxygen atoms in total. The molecule has 1 atom stereocenters. The van der Waals surface area contributed by atoms with Gasteiger partial charge < -0.3 is 32.7 Å². The average molecular weight is 623 g/mol. The van der Waals surface area contributed by atoms with Crippen LogP contribution in [0, 0.1) is 0 Å². The third kappa shape index (κ3) is 18.3. The molecule has 0 aromatic heterocycles.